The molecule has 1 aliphatic heterocycles. The third-order valence-electron chi connectivity index (χ3n) is 7.00. The molecule has 5 rings (SSSR count). The summed E-state index contributed by atoms with van der Waals surface area (Å²) in [7, 11) is 0. The Kier molecular flexibility index (Phi) is 8.19. The number of nitro groups is 1. The van der Waals surface area contributed by atoms with Crippen LogP contribution in [0.25, 0.3) is 0 Å². The van der Waals surface area contributed by atoms with Crippen LogP contribution in [0.4, 0.5) is 33.1 Å². The summed E-state index contributed by atoms with van der Waals surface area (Å²) in [4.78, 5) is 24.1. The molecule has 1 atom stereocenters. The first-order valence-corrected chi connectivity index (χ1v) is 13.5. The Labute approximate surface area is 245 Å². The lowest BCUT2D eigenvalue weighted by atomic mass is 9.91. The molecule has 0 amide bonds. The number of nitrogens with one attached hydrogen (secondary N) is 1. The van der Waals surface area contributed by atoms with Gasteiger partial charge < -0.3 is 15.1 Å². The van der Waals surface area contributed by atoms with E-state index in [1.54, 1.807) is 48.5 Å². The van der Waals surface area contributed by atoms with Crippen LogP contribution >= 0.6 is 23.2 Å². The van der Waals surface area contributed by atoms with Gasteiger partial charge in [0.1, 0.15) is 12.1 Å². The molecule has 12 heteroatoms. The van der Waals surface area contributed by atoms with E-state index < -0.39 is 10.8 Å². The normalized spacial score (nSPS) is 13.9. The van der Waals surface area contributed by atoms with E-state index in [1.165, 1.54) is 18.5 Å². The number of nitrogens with zero attached hydrogens (tertiary/aromatic N) is 6. The quantitative estimate of drug-likeness (QED) is 0.183. The molecule has 1 N–H and O–H groups in total. The molecule has 1 fully saturated rings. The number of rotatable bonds is 7. The fraction of sp³-hybridized carbons (Fsp3) is 0.207. The minimum Gasteiger partial charge on any atom is -0.368 e. The Balaban J connectivity index is 1.39. The summed E-state index contributed by atoms with van der Waals surface area (Å²) < 4.78 is 13.3. The smallest absolute Gasteiger partial charge is 0.353 e. The van der Waals surface area contributed by atoms with Gasteiger partial charge in [-0.1, -0.05) is 41.4 Å². The molecule has 0 aliphatic carbocycles. The molecule has 4 aromatic rings. The zero-order valence-corrected chi connectivity index (χ0v) is 23.4. The lowest BCUT2D eigenvalue weighted by molar-refractivity contribution is -0.383. The average Bonchev–Trinajstić information content (AvgIpc) is 2.97. The average molecular weight is 592 g/mol. The molecule has 41 heavy (non-hydrogen) atoms. The zero-order chi connectivity index (χ0) is 29.1. The van der Waals surface area contributed by atoms with Crippen LogP contribution in [-0.4, -0.2) is 41.1 Å². The third kappa shape index (κ3) is 6.01. The molecular weight excluding hydrogens is 568 g/mol. The Bertz CT molecular complexity index is 1620. The highest BCUT2D eigenvalue weighted by molar-refractivity contribution is 6.32. The molecular formula is C29H24Cl2FN7O2. The van der Waals surface area contributed by atoms with E-state index >= 15 is 0 Å². The Morgan fingerprint density at radius 1 is 1.02 bits per heavy atom. The standard InChI is InChI=1S/C29H24Cl2FN7O2/c1-18-14-23(24(16-33)19-2-4-20(30)5-3-19)25(31)15-26(18)36-28-27(39(40)41)29(35-17-34-28)38-12-10-37(11-13-38)22-8-6-21(32)7-9-22/h2-9,14-15,17,24H,10-13H2,1H3,(H,34,35,36). The highest BCUT2D eigenvalue weighted by Crippen LogP contribution is 2.38. The van der Waals surface area contributed by atoms with Crippen LogP contribution in [0.5, 0.6) is 0 Å². The summed E-state index contributed by atoms with van der Waals surface area (Å²) in [6.07, 6.45) is 1.29. The van der Waals surface area contributed by atoms with Gasteiger partial charge in [0.2, 0.25) is 11.6 Å². The Morgan fingerprint density at radius 3 is 2.32 bits per heavy atom. The highest BCUT2D eigenvalue weighted by atomic mass is 35.5. The third-order valence-corrected chi connectivity index (χ3v) is 7.58. The second-order valence-electron chi connectivity index (χ2n) is 9.53. The number of anilines is 4. The van der Waals surface area contributed by atoms with Crippen LogP contribution in [0, 0.1) is 34.2 Å². The summed E-state index contributed by atoms with van der Waals surface area (Å²) >= 11 is 12.6. The number of hydrogen-bond donors (Lipinski definition) is 1. The Morgan fingerprint density at radius 2 is 1.68 bits per heavy atom. The predicted molar refractivity (Wildman–Crippen MR) is 158 cm³/mol. The summed E-state index contributed by atoms with van der Waals surface area (Å²) in [5, 5.41) is 26.1. The Hall–Kier alpha value is -4.46. The van der Waals surface area contributed by atoms with Gasteiger partial charge in [0, 0.05) is 47.6 Å². The van der Waals surface area contributed by atoms with Crippen LogP contribution < -0.4 is 15.1 Å². The molecule has 1 saturated heterocycles. The minimum absolute atomic E-state index is 0.0300. The monoisotopic (exact) mass is 591 g/mol. The first-order valence-electron chi connectivity index (χ1n) is 12.7. The van der Waals surface area contributed by atoms with Gasteiger partial charge in [-0.25, -0.2) is 14.4 Å². The molecule has 0 saturated carbocycles. The fourth-order valence-corrected chi connectivity index (χ4v) is 5.25. The van der Waals surface area contributed by atoms with Crippen LogP contribution in [0.15, 0.2) is 67.0 Å². The number of aromatic nitrogens is 2. The maximum absolute atomic E-state index is 13.3. The van der Waals surface area contributed by atoms with E-state index in [1.807, 2.05) is 11.8 Å². The second-order valence-corrected chi connectivity index (χ2v) is 10.4. The van der Waals surface area contributed by atoms with E-state index in [4.69, 9.17) is 23.2 Å². The molecule has 0 spiro atoms. The molecule has 1 unspecified atom stereocenters. The second kappa shape index (κ2) is 12.0. The van der Waals surface area contributed by atoms with Gasteiger partial charge in [-0.05, 0) is 66.1 Å². The maximum atomic E-state index is 13.3. The van der Waals surface area contributed by atoms with Gasteiger partial charge in [0.05, 0.1) is 16.9 Å². The van der Waals surface area contributed by atoms with E-state index in [9.17, 15) is 19.8 Å². The van der Waals surface area contributed by atoms with E-state index in [-0.39, 0.29) is 23.1 Å². The molecule has 1 aliphatic rings. The molecule has 2 heterocycles. The first-order chi connectivity index (χ1) is 19.7. The number of halogens is 3. The van der Waals surface area contributed by atoms with Crippen molar-refractivity contribution in [3.8, 4) is 6.07 Å². The van der Waals surface area contributed by atoms with E-state index in [0.717, 1.165) is 16.8 Å². The summed E-state index contributed by atoms with van der Waals surface area (Å²) in [6.45, 7) is 3.95. The van der Waals surface area contributed by atoms with Crippen molar-refractivity contribution in [2.24, 2.45) is 0 Å². The number of nitriles is 1. The van der Waals surface area contributed by atoms with E-state index in [0.29, 0.717) is 47.5 Å². The topological polar surface area (TPSA) is 111 Å². The lowest BCUT2D eigenvalue weighted by Crippen LogP contribution is -2.47. The fourth-order valence-electron chi connectivity index (χ4n) is 4.86. The van der Waals surface area contributed by atoms with Crippen LogP contribution in [0.2, 0.25) is 10.0 Å². The highest BCUT2D eigenvalue weighted by Gasteiger charge is 2.30. The van der Waals surface area contributed by atoms with Crippen molar-refractivity contribution in [3.63, 3.8) is 0 Å². The molecule has 0 bridgehead atoms. The van der Waals surface area contributed by atoms with Gasteiger partial charge in [0.15, 0.2) is 0 Å². The van der Waals surface area contributed by atoms with Gasteiger partial charge in [-0.15, -0.1) is 0 Å². The van der Waals surface area contributed by atoms with Crippen LogP contribution in [-0.2, 0) is 0 Å². The van der Waals surface area contributed by atoms with Crippen LogP contribution in [0.3, 0.4) is 0 Å². The summed E-state index contributed by atoms with van der Waals surface area (Å²) in [5.41, 5.74) is 3.22. The maximum Gasteiger partial charge on any atom is 0.353 e. The van der Waals surface area contributed by atoms with Crippen LogP contribution in [0.1, 0.15) is 22.6 Å². The van der Waals surface area contributed by atoms with Crippen molar-refractivity contribution in [3.05, 3.63) is 110 Å². The van der Waals surface area contributed by atoms with Crippen molar-refractivity contribution in [1.82, 2.24) is 9.97 Å². The predicted octanol–water partition coefficient (Wildman–Crippen LogP) is 6.86. The molecule has 9 nitrogen and oxygen atoms in total. The van der Waals surface area contributed by atoms with Crippen molar-refractivity contribution in [2.75, 3.05) is 41.3 Å². The number of hydrogen-bond acceptors (Lipinski definition) is 8. The molecule has 0 radical (unpaired) electrons. The van der Waals surface area contributed by atoms with E-state index in [2.05, 4.69) is 26.3 Å². The molecule has 208 valence electrons. The van der Waals surface area contributed by atoms with Gasteiger partial charge in [-0.2, -0.15) is 5.26 Å². The molecule has 1 aromatic heterocycles. The van der Waals surface area contributed by atoms with Crippen molar-refractivity contribution >= 4 is 51.9 Å². The lowest BCUT2D eigenvalue weighted by Gasteiger charge is -2.36. The summed E-state index contributed by atoms with van der Waals surface area (Å²) in [6, 6.07) is 19.0. The number of benzene rings is 3. The first kappa shape index (κ1) is 28.1. The number of piperazine rings is 1. The zero-order valence-electron chi connectivity index (χ0n) is 21.9. The summed E-state index contributed by atoms with van der Waals surface area (Å²) in [5.74, 6) is -0.691. The largest absolute Gasteiger partial charge is 0.368 e. The minimum atomic E-state index is -0.624. The van der Waals surface area contributed by atoms with Gasteiger partial charge in [-0.3, -0.25) is 10.1 Å². The van der Waals surface area contributed by atoms with Crippen molar-refractivity contribution in [1.29, 1.82) is 5.26 Å². The van der Waals surface area contributed by atoms with Crippen molar-refractivity contribution in [2.45, 2.75) is 12.8 Å². The van der Waals surface area contributed by atoms with Gasteiger partial charge >= 0.3 is 5.69 Å². The number of aryl methyl sites for hydroxylation is 1. The van der Waals surface area contributed by atoms with Crippen molar-refractivity contribution < 1.29 is 9.31 Å². The molecule has 3 aromatic carbocycles. The SMILES string of the molecule is Cc1cc(C(C#N)c2ccc(Cl)cc2)c(Cl)cc1Nc1ncnc(N2CCN(c3ccc(F)cc3)CC2)c1[N+](=O)[O-]. The van der Waals surface area contributed by atoms with Gasteiger partial charge in [0.25, 0.3) is 0 Å².